The Morgan fingerprint density at radius 1 is 1.29 bits per heavy atom. The lowest BCUT2D eigenvalue weighted by Gasteiger charge is -2.14. The molecule has 0 aromatic heterocycles. The van der Waals surface area contributed by atoms with Gasteiger partial charge in [-0.25, -0.2) is 0 Å². The van der Waals surface area contributed by atoms with Crippen molar-refractivity contribution in [3.05, 3.63) is 29.8 Å². The smallest absolute Gasteiger partial charge is 0.254 e. The monoisotopic (exact) mass is 289 g/mol. The number of para-hydroxylation sites is 1. The first-order chi connectivity index (χ1) is 10.1. The predicted molar refractivity (Wildman–Crippen MR) is 78.9 cm³/mol. The van der Waals surface area contributed by atoms with Gasteiger partial charge in [-0.1, -0.05) is 19.1 Å². The minimum Gasteiger partial charge on any atom is -0.356 e. The van der Waals surface area contributed by atoms with Crippen LogP contribution in [0.15, 0.2) is 24.3 Å². The van der Waals surface area contributed by atoms with Crippen molar-refractivity contribution < 1.29 is 14.4 Å². The van der Waals surface area contributed by atoms with Crippen LogP contribution < -0.4 is 16.0 Å². The molecule has 0 fully saturated rings. The van der Waals surface area contributed by atoms with Crippen LogP contribution in [-0.2, 0) is 9.59 Å². The molecule has 1 atom stereocenters. The zero-order chi connectivity index (χ0) is 15.2. The molecule has 0 spiro atoms. The molecule has 1 heterocycles. The van der Waals surface area contributed by atoms with Crippen LogP contribution >= 0.6 is 0 Å². The summed E-state index contributed by atoms with van der Waals surface area (Å²) in [6.07, 6.45) is 1.34. The topological polar surface area (TPSA) is 87.3 Å². The zero-order valence-corrected chi connectivity index (χ0v) is 11.9. The number of carbonyl (C=O) groups is 3. The molecule has 3 N–H and O–H groups in total. The number of rotatable bonds is 5. The van der Waals surface area contributed by atoms with Crippen LogP contribution in [0.3, 0.4) is 0 Å². The highest BCUT2D eigenvalue weighted by Gasteiger charge is 2.27. The maximum atomic E-state index is 12.1. The lowest BCUT2D eigenvalue weighted by molar-refractivity contribution is -0.121. The third-order valence-electron chi connectivity index (χ3n) is 3.28. The Morgan fingerprint density at radius 3 is 2.81 bits per heavy atom. The summed E-state index contributed by atoms with van der Waals surface area (Å²) in [6, 6.07) is 6.13. The highest BCUT2D eigenvalue weighted by atomic mass is 16.2. The number of benzene rings is 1. The molecule has 3 amide bonds. The fourth-order valence-electron chi connectivity index (χ4n) is 2.14. The van der Waals surface area contributed by atoms with E-state index in [1.54, 1.807) is 24.3 Å². The van der Waals surface area contributed by atoms with E-state index in [4.69, 9.17) is 0 Å². The van der Waals surface area contributed by atoms with Crippen LogP contribution in [0.1, 0.15) is 36.5 Å². The van der Waals surface area contributed by atoms with Crippen LogP contribution in [0, 0.1) is 0 Å². The minimum absolute atomic E-state index is 0.110. The Kier molecular flexibility index (Phi) is 4.92. The van der Waals surface area contributed by atoms with E-state index in [0.29, 0.717) is 17.8 Å². The Balaban J connectivity index is 1.99. The van der Waals surface area contributed by atoms with Crippen LogP contribution in [0.25, 0.3) is 0 Å². The maximum Gasteiger partial charge on any atom is 0.254 e. The SMILES string of the molecule is CCCNC(=O)CCC1NC(=O)c2ccccc2NC1=O. The molecule has 21 heavy (non-hydrogen) atoms. The number of hydrogen-bond donors (Lipinski definition) is 3. The van der Waals surface area contributed by atoms with Crippen molar-refractivity contribution in [2.75, 3.05) is 11.9 Å². The second-order valence-electron chi connectivity index (χ2n) is 4.95. The van der Waals surface area contributed by atoms with Gasteiger partial charge in [0.25, 0.3) is 5.91 Å². The van der Waals surface area contributed by atoms with Gasteiger partial charge >= 0.3 is 0 Å². The van der Waals surface area contributed by atoms with E-state index in [0.717, 1.165) is 6.42 Å². The standard InChI is InChI=1S/C15H19N3O3/c1-2-9-16-13(19)8-7-12-15(21)17-11-6-4-3-5-10(11)14(20)18-12/h3-6,12H,2,7-9H2,1H3,(H,16,19)(H,17,21)(H,18,20). The summed E-state index contributed by atoms with van der Waals surface area (Å²) < 4.78 is 0. The molecule has 6 heteroatoms. The summed E-state index contributed by atoms with van der Waals surface area (Å²) in [7, 11) is 0. The third-order valence-corrected chi connectivity index (χ3v) is 3.28. The first-order valence-electron chi connectivity index (χ1n) is 7.09. The molecule has 6 nitrogen and oxygen atoms in total. The summed E-state index contributed by atoms with van der Waals surface area (Å²) in [5.41, 5.74) is 0.932. The first kappa shape index (κ1) is 15.0. The predicted octanol–water partition coefficient (Wildman–Crippen LogP) is 1.04. The maximum absolute atomic E-state index is 12.1. The van der Waals surface area contributed by atoms with E-state index >= 15 is 0 Å². The van der Waals surface area contributed by atoms with Gasteiger partial charge in [-0.05, 0) is 25.0 Å². The lowest BCUT2D eigenvalue weighted by atomic mass is 10.1. The number of anilines is 1. The van der Waals surface area contributed by atoms with Crippen molar-refractivity contribution >= 4 is 23.4 Å². The molecule has 0 saturated carbocycles. The zero-order valence-electron chi connectivity index (χ0n) is 11.9. The summed E-state index contributed by atoms with van der Waals surface area (Å²) >= 11 is 0. The Bertz CT molecular complexity index is 557. The van der Waals surface area contributed by atoms with E-state index < -0.39 is 6.04 Å². The van der Waals surface area contributed by atoms with E-state index in [2.05, 4.69) is 16.0 Å². The van der Waals surface area contributed by atoms with Gasteiger partial charge in [-0.3, -0.25) is 14.4 Å². The first-order valence-corrected chi connectivity index (χ1v) is 7.09. The van der Waals surface area contributed by atoms with Gasteiger partial charge in [0.1, 0.15) is 6.04 Å². The number of nitrogens with one attached hydrogen (secondary N) is 3. The summed E-state index contributed by atoms with van der Waals surface area (Å²) in [4.78, 5) is 35.7. The van der Waals surface area contributed by atoms with Gasteiger partial charge < -0.3 is 16.0 Å². The Labute approximate surface area is 123 Å². The molecule has 1 unspecified atom stereocenters. The molecule has 0 radical (unpaired) electrons. The van der Waals surface area contributed by atoms with Gasteiger partial charge in [0.15, 0.2) is 0 Å². The second kappa shape index (κ2) is 6.88. The largest absolute Gasteiger partial charge is 0.356 e. The fourth-order valence-corrected chi connectivity index (χ4v) is 2.14. The van der Waals surface area contributed by atoms with E-state index in [-0.39, 0.29) is 30.6 Å². The van der Waals surface area contributed by atoms with E-state index in [1.807, 2.05) is 6.92 Å². The number of hydrogen-bond acceptors (Lipinski definition) is 3. The molecule has 1 aliphatic rings. The molecule has 1 aliphatic heterocycles. The van der Waals surface area contributed by atoms with Crippen molar-refractivity contribution in [2.24, 2.45) is 0 Å². The fraction of sp³-hybridized carbons (Fsp3) is 0.400. The molecule has 0 aliphatic carbocycles. The quantitative estimate of drug-likeness (QED) is 0.757. The van der Waals surface area contributed by atoms with Crippen LogP contribution in [-0.4, -0.2) is 30.3 Å². The minimum atomic E-state index is -0.697. The molecule has 1 aromatic rings. The van der Waals surface area contributed by atoms with Crippen molar-refractivity contribution in [2.45, 2.75) is 32.2 Å². The number of carbonyl (C=O) groups excluding carboxylic acids is 3. The summed E-state index contributed by atoms with van der Waals surface area (Å²) in [6.45, 7) is 2.59. The molecule has 112 valence electrons. The third kappa shape index (κ3) is 3.81. The Hall–Kier alpha value is -2.37. The van der Waals surface area contributed by atoms with Gasteiger partial charge in [-0.2, -0.15) is 0 Å². The molecule has 2 rings (SSSR count). The summed E-state index contributed by atoms with van der Waals surface area (Å²) in [5, 5.41) is 8.13. The molecule has 0 bridgehead atoms. The van der Waals surface area contributed by atoms with Gasteiger partial charge in [0, 0.05) is 13.0 Å². The van der Waals surface area contributed by atoms with Crippen molar-refractivity contribution in [3.8, 4) is 0 Å². The second-order valence-corrected chi connectivity index (χ2v) is 4.95. The summed E-state index contributed by atoms with van der Waals surface area (Å²) in [5.74, 6) is -0.708. The molecule has 0 saturated heterocycles. The van der Waals surface area contributed by atoms with Crippen LogP contribution in [0.4, 0.5) is 5.69 Å². The molecule has 1 aromatic carbocycles. The lowest BCUT2D eigenvalue weighted by Crippen LogP contribution is -2.42. The van der Waals surface area contributed by atoms with Crippen molar-refractivity contribution in [1.29, 1.82) is 0 Å². The van der Waals surface area contributed by atoms with E-state index in [9.17, 15) is 14.4 Å². The van der Waals surface area contributed by atoms with Gasteiger partial charge in [-0.15, -0.1) is 0 Å². The molecular formula is C15H19N3O3. The van der Waals surface area contributed by atoms with Crippen molar-refractivity contribution in [3.63, 3.8) is 0 Å². The van der Waals surface area contributed by atoms with Crippen LogP contribution in [0.5, 0.6) is 0 Å². The highest BCUT2D eigenvalue weighted by molar-refractivity contribution is 6.09. The van der Waals surface area contributed by atoms with Crippen molar-refractivity contribution in [1.82, 2.24) is 10.6 Å². The van der Waals surface area contributed by atoms with E-state index in [1.165, 1.54) is 0 Å². The Morgan fingerprint density at radius 2 is 2.05 bits per heavy atom. The normalized spacial score (nSPS) is 17.3. The molecular weight excluding hydrogens is 270 g/mol. The number of amides is 3. The number of fused-ring (bicyclic) bond motifs is 1. The average molecular weight is 289 g/mol. The van der Waals surface area contributed by atoms with Crippen LogP contribution in [0.2, 0.25) is 0 Å². The average Bonchev–Trinajstić information content (AvgIpc) is 2.60. The highest BCUT2D eigenvalue weighted by Crippen LogP contribution is 2.19. The van der Waals surface area contributed by atoms with Gasteiger partial charge in [0.05, 0.1) is 11.3 Å². The van der Waals surface area contributed by atoms with Gasteiger partial charge in [0.2, 0.25) is 11.8 Å².